The Balaban J connectivity index is 0.00000243. The van der Waals surface area contributed by atoms with Gasteiger partial charge in [0.25, 0.3) is 11.8 Å². The van der Waals surface area contributed by atoms with E-state index in [-0.39, 0.29) is 24.2 Å². The predicted molar refractivity (Wildman–Crippen MR) is 104 cm³/mol. The first-order valence-corrected chi connectivity index (χ1v) is 8.24. The summed E-state index contributed by atoms with van der Waals surface area (Å²) >= 11 is 0. The molecule has 0 aliphatic carbocycles. The second kappa shape index (κ2) is 9.33. The maximum atomic E-state index is 12.5. The second-order valence-corrected chi connectivity index (χ2v) is 5.85. The molecule has 1 heterocycles. The van der Waals surface area contributed by atoms with Crippen molar-refractivity contribution in [2.24, 2.45) is 0 Å². The van der Waals surface area contributed by atoms with Gasteiger partial charge in [-0.15, -0.1) is 12.4 Å². The third kappa shape index (κ3) is 4.82. The van der Waals surface area contributed by atoms with Gasteiger partial charge < -0.3 is 20.7 Å². The van der Waals surface area contributed by atoms with Crippen LogP contribution >= 0.6 is 12.4 Å². The number of hydrogen-bond acceptors (Lipinski definition) is 4. The van der Waals surface area contributed by atoms with Gasteiger partial charge in [-0.2, -0.15) is 0 Å². The first-order valence-electron chi connectivity index (χ1n) is 8.24. The molecule has 2 amide bonds. The number of benzene rings is 2. The van der Waals surface area contributed by atoms with E-state index in [2.05, 4.69) is 16.0 Å². The molecule has 1 aliphatic rings. The van der Waals surface area contributed by atoms with Gasteiger partial charge in [0, 0.05) is 30.0 Å². The van der Waals surface area contributed by atoms with Crippen molar-refractivity contribution >= 4 is 35.6 Å². The molecule has 1 saturated heterocycles. The molecule has 0 aromatic heterocycles. The Morgan fingerprint density at radius 2 is 1.85 bits per heavy atom. The number of carbonyl (C=O) groups excluding carboxylic acids is 2. The van der Waals surface area contributed by atoms with Gasteiger partial charge in [0.05, 0.1) is 6.61 Å². The van der Waals surface area contributed by atoms with Crippen molar-refractivity contribution in [3.05, 3.63) is 59.7 Å². The maximum absolute atomic E-state index is 12.5. The number of carbonyl (C=O) groups is 2. The van der Waals surface area contributed by atoms with Gasteiger partial charge >= 0.3 is 0 Å². The Kier molecular flexibility index (Phi) is 7.15. The number of ether oxygens (including phenoxy) is 1. The van der Waals surface area contributed by atoms with Crippen LogP contribution in [0, 0.1) is 6.92 Å². The molecule has 1 atom stereocenters. The minimum atomic E-state index is -0.519. The minimum absolute atomic E-state index is 0. The van der Waals surface area contributed by atoms with E-state index in [1.54, 1.807) is 18.2 Å². The molecule has 3 rings (SSSR count). The second-order valence-electron chi connectivity index (χ2n) is 5.85. The largest absolute Gasteiger partial charge is 0.366 e. The molecule has 1 aliphatic heterocycles. The van der Waals surface area contributed by atoms with Crippen LogP contribution in [0.3, 0.4) is 0 Å². The summed E-state index contributed by atoms with van der Waals surface area (Å²) in [6.07, 6.45) is -0.519. The average molecular weight is 376 g/mol. The van der Waals surface area contributed by atoms with Gasteiger partial charge in [0.1, 0.15) is 6.10 Å². The molecule has 1 unspecified atom stereocenters. The van der Waals surface area contributed by atoms with Crippen molar-refractivity contribution in [3.8, 4) is 0 Å². The van der Waals surface area contributed by atoms with Crippen LogP contribution in [0.5, 0.6) is 0 Å². The van der Waals surface area contributed by atoms with Crippen LogP contribution in [-0.2, 0) is 9.53 Å². The number of morpholine rings is 1. The lowest BCUT2D eigenvalue weighted by Gasteiger charge is -2.23. The van der Waals surface area contributed by atoms with Crippen LogP contribution in [0.2, 0.25) is 0 Å². The van der Waals surface area contributed by atoms with Crippen molar-refractivity contribution in [2.45, 2.75) is 13.0 Å². The van der Waals surface area contributed by atoms with Crippen molar-refractivity contribution in [2.75, 3.05) is 30.3 Å². The van der Waals surface area contributed by atoms with Gasteiger partial charge in [0.15, 0.2) is 0 Å². The summed E-state index contributed by atoms with van der Waals surface area (Å²) in [6.45, 7) is 3.56. The number of rotatable bonds is 4. The monoisotopic (exact) mass is 375 g/mol. The Labute approximate surface area is 158 Å². The number of hydrogen-bond donors (Lipinski definition) is 3. The Morgan fingerprint density at radius 3 is 2.54 bits per heavy atom. The molecule has 1 fully saturated rings. The van der Waals surface area contributed by atoms with Crippen LogP contribution in [0.4, 0.5) is 11.4 Å². The molecular weight excluding hydrogens is 354 g/mol. The summed E-state index contributed by atoms with van der Waals surface area (Å²) in [5.74, 6) is -0.425. The third-order valence-corrected chi connectivity index (χ3v) is 4.09. The molecule has 7 heteroatoms. The standard InChI is InChI=1S/C19H21N3O3.ClH/c1-13-15(18(23)21-14-6-3-2-4-7-14)8-5-9-16(13)22-19(24)17-12-20-10-11-25-17;/h2-9,17,20H,10-12H2,1H3,(H,21,23)(H,22,24);1H. The summed E-state index contributed by atoms with van der Waals surface area (Å²) in [6, 6.07) is 14.5. The van der Waals surface area contributed by atoms with Crippen molar-refractivity contribution in [1.29, 1.82) is 0 Å². The summed E-state index contributed by atoms with van der Waals surface area (Å²) in [7, 11) is 0. The molecule has 2 aromatic rings. The zero-order chi connectivity index (χ0) is 17.6. The lowest BCUT2D eigenvalue weighted by atomic mass is 10.1. The molecule has 2 aromatic carbocycles. The van der Waals surface area contributed by atoms with Gasteiger partial charge in [-0.1, -0.05) is 24.3 Å². The first-order chi connectivity index (χ1) is 12.1. The van der Waals surface area contributed by atoms with E-state index < -0.39 is 6.10 Å². The van der Waals surface area contributed by atoms with E-state index in [1.807, 2.05) is 37.3 Å². The van der Waals surface area contributed by atoms with Crippen molar-refractivity contribution < 1.29 is 14.3 Å². The van der Waals surface area contributed by atoms with Crippen LogP contribution in [0.15, 0.2) is 48.5 Å². The molecule has 0 spiro atoms. The normalized spacial score (nSPS) is 16.3. The minimum Gasteiger partial charge on any atom is -0.366 e. The van der Waals surface area contributed by atoms with Crippen LogP contribution in [-0.4, -0.2) is 37.6 Å². The number of halogens is 1. The molecule has 0 saturated carbocycles. The zero-order valence-corrected chi connectivity index (χ0v) is 15.3. The summed E-state index contributed by atoms with van der Waals surface area (Å²) in [5.41, 5.74) is 2.57. The third-order valence-electron chi connectivity index (χ3n) is 4.09. The Hall–Kier alpha value is -2.41. The zero-order valence-electron chi connectivity index (χ0n) is 14.5. The fourth-order valence-electron chi connectivity index (χ4n) is 2.68. The van der Waals surface area contributed by atoms with Crippen LogP contribution < -0.4 is 16.0 Å². The molecule has 3 N–H and O–H groups in total. The van der Waals surface area contributed by atoms with E-state index in [0.29, 0.717) is 30.0 Å². The van der Waals surface area contributed by atoms with Gasteiger partial charge in [-0.25, -0.2) is 0 Å². The van der Waals surface area contributed by atoms with Crippen molar-refractivity contribution in [1.82, 2.24) is 5.32 Å². The predicted octanol–water partition coefficient (Wildman–Crippen LogP) is 2.60. The van der Waals surface area contributed by atoms with Gasteiger partial charge in [-0.3, -0.25) is 9.59 Å². The molecular formula is C19H22ClN3O3. The summed E-state index contributed by atoms with van der Waals surface area (Å²) in [4.78, 5) is 24.8. The fourth-order valence-corrected chi connectivity index (χ4v) is 2.68. The highest BCUT2D eigenvalue weighted by molar-refractivity contribution is 6.07. The summed E-state index contributed by atoms with van der Waals surface area (Å²) in [5, 5.41) is 8.83. The van der Waals surface area contributed by atoms with Crippen LogP contribution in [0.25, 0.3) is 0 Å². The van der Waals surface area contributed by atoms with Crippen molar-refractivity contribution in [3.63, 3.8) is 0 Å². The average Bonchev–Trinajstić information content (AvgIpc) is 2.65. The lowest BCUT2D eigenvalue weighted by molar-refractivity contribution is -0.128. The quantitative estimate of drug-likeness (QED) is 0.767. The lowest BCUT2D eigenvalue weighted by Crippen LogP contribution is -2.45. The highest BCUT2D eigenvalue weighted by Crippen LogP contribution is 2.21. The topological polar surface area (TPSA) is 79.5 Å². The van der Waals surface area contributed by atoms with E-state index in [0.717, 1.165) is 12.2 Å². The number of nitrogens with one attached hydrogen (secondary N) is 3. The SMILES string of the molecule is Cc1c(NC(=O)C2CNCCO2)cccc1C(=O)Nc1ccccc1.Cl. The first kappa shape index (κ1) is 19.9. The molecule has 138 valence electrons. The molecule has 0 radical (unpaired) electrons. The number of amides is 2. The smallest absolute Gasteiger partial charge is 0.256 e. The fraction of sp³-hybridized carbons (Fsp3) is 0.263. The van der Waals surface area contributed by atoms with E-state index in [9.17, 15) is 9.59 Å². The van der Waals surface area contributed by atoms with E-state index >= 15 is 0 Å². The Bertz CT molecular complexity index is 762. The summed E-state index contributed by atoms with van der Waals surface area (Å²) < 4.78 is 5.45. The van der Waals surface area contributed by atoms with Gasteiger partial charge in [0.2, 0.25) is 0 Å². The molecule has 0 bridgehead atoms. The van der Waals surface area contributed by atoms with E-state index in [1.165, 1.54) is 0 Å². The number of anilines is 2. The molecule has 26 heavy (non-hydrogen) atoms. The Morgan fingerprint density at radius 1 is 1.08 bits per heavy atom. The highest BCUT2D eigenvalue weighted by atomic mass is 35.5. The van der Waals surface area contributed by atoms with Gasteiger partial charge in [-0.05, 0) is 36.8 Å². The highest BCUT2D eigenvalue weighted by Gasteiger charge is 2.22. The molecule has 6 nitrogen and oxygen atoms in total. The maximum Gasteiger partial charge on any atom is 0.256 e. The van der Waals surface area contributed by atoms with E-state index in [4.69, 9.17) is 4.74 Å². The number of para-hydroxylation sites is 1. The van der Waals surface area contributed by atoms with Crippen LogP contribution in [0.1, 0.15) is 15.9 Å².